The number of rotatable bonds is 8. The van der Waals surface area contributed by atoms with Crippen LogP contribution in [-0.4, -0.2) is 46.7 Å². The van der Waals surface area contributed by atoms with Crippen molar-refractivity contribution in [3.05, 3.63) is 71.4 Å². The van der Waals surface area contributed by atoms with E-state index in [9.17, 15) is 9.59 Å². The first-order valence-corrected chi connectivity index (χ1v) is 11.9. The van der Waals surface area contributed by atoms with Crippen LogP contribution in [0.25, 0.3) is 5.69 Å². The summed E-state index contributed by atoms with van der Waals surface area (Å²) in [5, 5.41) is 7.76. The van der Waals surface area contributed by atoms with Gasteiger partial charge in [-0.15, -0.1) is 0 Å². The zero-order valence-electron chi connectivity index (χ0n) is 21.8. The molecule has 0 aliphatic carbocycles. The van der Waals surface area contributed by atoms with Gasteiger partial charge in [-0.2, -0.15) is 5.10 Å². The Balaban J connectivity index is 1.87. The van der Waals surface area contributed by atoms with Gasteiger partial charge in [-0.1, -0.05) is 58.4 Å². The van der Waals surface area contributed by atoms with Gasteiger partial charge in [0.15, 0.2) is 0 Å². The largest absolute Gasteiger partial charge is 0.497 e. The second kappa shape index (κ2) is 10.8. The van der Waals surface area contributed by atoms with Crippen molar-refractivity contribution in [2.45, 2.75) is 47.0 Å². The lowest BCUT2D eigenvalue weighted by Gasteiger charge is -2.24. The van der Waals surface area contributed by atoms with Gasteiger partial charge in [0.25, 0.3) is 5.91 Å². The summed E-state index contributed by atoms with van der Waals surface area (Å²) in [5.41, 5.74) is 3.15. The van der Waals surface area contributed by atoms with E-state index in [2.05, 4.69) is 26.1 Å². The maximum Gasteiger partial charge on any atom is 0.254 e. The number of methoxy groups -OCH3 is 1. The topological polar surface area (TPSA) is 76.5 Å². The quantitative estimate of drug-likeness (QED) is 0.483. The Labute approximate surface area is 208 Å². The Hall–Kier alpha value is -3.61. The van der Waals surface area contributed by atoms with Crippen molar-refractivity contribution in [3.63, 3.8) is 0 Å². The maximum absolute atomic E-state index is 13.3. The van der Waals surface area contributed by atoms with Crippen LogP contribution in [0.1, 0.15) is 56.2 Å². The summed E-state index contributed by atoms with van der Waals surface area (Å²) in [6.07, 6.45) is 0. The average molecular weight is 477 g/mol. The Morgan fingerprint density at radius 3 is 2.37 bits per heavy atom. The number of hydrogen-bond donors (Lipinski definition) is 1. The number of benzene rings is 2. The normalized spacial score (nSPS) is 11.4. The molecule has 3 aromatic rings. The SMILES string of the molecule is COc1cccc(C(=O)N(CC(=O)Nc2cc(C(C)(C)C)nn2-c2ccc(C)cc2)CC(C)C)c1. The Bertz CT molecular complexity index is 1170. The molecule has 7 nitrogen and oxygen atoms in total. The van der Waals surface area contributed by atoms with Gasteiger partial charge in [0, 0.05) is 23.6 Å². The highest BCUT2D eigenvalue weighted by molar-refractivity contribution is 5.99. The number of amides is 2. The number of carbonyl (C=O) groups is 2. The zero-order valence-corrected chi connectivity index (χ0v) is 21.8. The standard InChI is InChI=1S/C28H36N4O3/c1-19(2)17-31(27(34)21-9-8-10-23(15-21)35-7)18-26(33)29-25-16-24(28(4,5)6)30-32(25)22-13-11-20(3)12-14-22/h8-16,19H,17-18H2,1-7H3,(H,29,33). The Kier molecular flexibility index (Phi) is 7.99. The van der Waals surface area contributed by atoms with Gasteiger partial charge in [-0.25, -0.2) is 4.68 Å². The third-order valence-electron chi connectivity index (χ3n) is 5.55. The molecule has 2 amide bonds. The van der Waals surface area contributed by atoms with Gasteiger partial charge in [-0.05, 0) is 43.2 Å². The molecular formula is C28H36N4O3. The summed E-state index contributed by atoms with van der Waals surface area (Å²) in [6, 6.07) is 16.8. The van der Waals surface area contributed by atoms with E-state index in [4.69, 9.17) is 9.84 Å². The number of nitrogens with one attached hydrogen (secondary N) is 1. The van der Waals surface area contributed by atoms with Crippen molar-refractivity contribution in [1.82, 2.24) is 14.7 Å². The molecule has 0 fully saturated rings. The number of anilines is 1. The number of nitrogens with zero attached hydrogens (tertiary/aromatic N) is 3. The van der Waals surface area contributed by atoms with Crippen LogP contribution in [0.3, 0.4) is 0 Å². The van der Waals surface area contributed by atoms with Crippen LogP contribution in [-0.2, 0) is 10.2 Å². The van der Waals surface area contributed by atoms with Crippen molar-refractivity contribution >= 4 is 17.6 Å². The molecule has 0 spiro atoms. The van der Waals surface area contributed by atoms with Gasteiger partial charge in [-0.3, -0.25) is 9.59 Å². The van der Waals surface area contributed by atoms with Crippen molar-refractivity contribution in [2.24, 2.45) is 5.92 Å². The third kappa shape index (κ3) is 6.72. The fourth-order valence-corrected chi connectivity index (χ4v) is 3.67. The number of hydrogen-bond acceptors (Lipinski definition) is 4. The number of carbonyl (C=O) groups excluding carboxylic acids is 2. The molecule has 2 aromatic carbocycles. The molecule has 0 aliphatic rings. The van der Waals surface area contributed by atoms with Crippen LogP contribution >= 0.6 is 0 Å². The molecule has 3 rings (SSSR count). The number of ether oxygens (including phenoxy) is 1. The van der Waals surface area contributed by atoms with Gasteiger partial charge >= 0.3 is 0 Å². The highest BCUT2D eigenvalue weighted by Gasteiger charge is 2.24. The predicted molar refractivity (Wildman–Crippen MR) is 139 cm³/mol. The highest BCUT2D eigenvalue weighted by atomic mass is 16.5. The lowest BCUT2D eigenvalue weighted by atomic mass is 9.92. The average Bonchev–Trinajstić information content (AvgIpc) is 3.22. The number of aromatic nitrogens is 2. The van der Waals surface area contributed by atoms with E-state index < -0.39 is 0 Å². The van der Waals surface area contributed by atoms with E-state index in [0.29, 0.717) is 23.7 Å². The van der Waals surface area contributed by atoms with Crippen LogP contribution in [0.2, 0.25) is 0 Å². The van der Waals surface area contributed by atoms with E-state index in [1.54, 1.807) is 41.0 Å². The summed E-state index contributed by atoms with van der Waals surface area (Å²) < 4.78 is 7.00. The second-order valence-electron chi connectivity index (χ2n) is 10.3. The van der Waals surface area contributed by atoms with Gasteiger partial charge in [0.05, 0.1) is 18.5 Å². The van der Waals surface area contributed by atoms with E-state index >= 15 is 0 Å². The van der Waals surface area contributed by atoms with E-state index in [1.165, 1.54) is 0 Å². The molecule has 7 heteroatoms. The van der Waals surface area contributed by atoms with Crippen molar-refractivity contribution in [1.29, 1.82) is 0 Å². The molecule has 1 aromatic heterocycles. The lowest BCUT2D eigenvalue weighted by molar-refractivity contribution is -0.117. The van der Waals surface area contributed by atoms with Crippen LogP contribution < -0.4 is 10.1 Å². The molecular weight excluding hydrogens is 440 g/mol. The predicted octanol–water partition coefficient (Wildman–Crippen LogP) is 5.22. The first-order chi connectivity index (χ1) is 16.5. The summed E-state index contributed by atoms with van der Waals surface area (Å²) in [6.45, 7) is 12.7. The summed E-state index contributed by atoms with van der Waals surface area (Å²) >= 11 is 0. The fraction of sp³-hybridized carbons (Fsp3) is 0.393. The van der Waals surface area contributed by atoms with Crippen LogP contribution in [0.4, 0.5) is 5.82 Å². The molecule has 0 radical (unpaired) electrons. The van der Waals surface area contributed by atoms with Gasteiger partial charge < -0.3 is 15.0 Å². The summed E-state index contributed by atoms with van der Waals surface area (Å²) in [5.74, 6) is 0.873. The lowest BCUT2D eigenvalue weighted by Crippen LogP contribution is -2.40. The molecule has 186 valence electrons. The second-order valence-corrected chi connectivity index (χ2v) is 10.3. The minimum Gasteiger partial charge on any atom is -0.497 e. The van der Waals surface area contributed by atoms with Gasteiger partial charge in [0.2, 0.25) is 5.91 Å². The minimum absolute atomic E-state index is 0.0713. The molecule has 35 heavy (non-hydrogen) atoms. The monoisotopic (exact) mass is 476 g/mol. The Morgan fingerprint density at radius 1 is 1.09 bits per heavy atom. The van der Waals surface area contributed by atoms with Crippen molar-refractivity contribution in [2.75, 3.05) is 25.5 Å². The van der Waals surface area contributed by atoms with Crippen LogP contribution in [0.5, 0.6) is 5.75 Å². The van der Waals surface area contributed by atoms with E-state index in [-0.39, 0.29) is 29.7 Å². The first kappa shape index (κ1) is 26.0. The molecule has 0 atom stereocenters. The summed E-state index contributed by atoms with van der Waals surface area (Å²) in [7, 11) is 1.56. The van der Waals surface area contributed by atoms with Gasteiger partial charge in [0.1, 0.15) is 18.1 Å². The highest BCUT2D eigenvalue weighted by Crippen LogP contribution is 2.26. The molecule has 0 aliphatic heterocycles. The Morgan fingerprint density at radius 2 is 1.77 bits per heavy atom. The van der Waals surface area contributed by atoms with Crippen molar-refractivity contribution < 1.29 is 14.3 Å². The molecule has 0 unspecified atom stereocenters. The summed E-state index contributed by atoms with van der Waals surface area (Å²) in [4.78, 5) is 28.0. The molecule has 1 N–H and O–H groups in total. The minimum atomic E-state index is -0.282. The smallest absolute Gasteiger partial charge is 0.254 e. The molecule has 0 saturated carbocycles. The zero-order chi connectivity index (χ0) is 25.8. The number of aryl methyl sites for hydroxylation is 1. The molecule has 1 heterocycles. The van der Waals surface area contributed by atoms with Crippen LogP contribution in [0.15, 0.2) is 54.6 Å². The molecule has 0 bridgehead atoms. The first-order valence-electron chi connectivity index (χ1n) is 11.9. The van der Waals surface area contributed by atoms with Crippen molar-refractivity contribution in [3.8, 4) is 11.4 Å². The fourth-order valence-electron chi connectivity index (χ4n) is 3.67. The maximum atomic E-state index is 13.3. The van der Waals surface area contributed by atoms with Crippen LogP contribution in [0, 0.1) is 12.8 Å². The van der Waals surface area contributed by atoms with E-state index in [1.807, 2.05) is 51.1 Å². The van der Waals surface area contributed by atoms with E-state index in [0.717, 1.165) is 16.9 Å². The third-order valence-corrected chi connectivity index (χ3v) is 5.55. The molecule has 0 saturated heterocycles.